The highest BCUT2D eigenvalue weighted by Gasteiger charge is 2.54. The van der Waals surface area contributed by atoms with Crippen LogP contribution in [0, 0.1) is 11.3 Å². The Balaban J connectivity index is 2.32. The summed E-state index contributed by atoms with van der Waals surface area (Å²) in [6, 6.07) is 0. The molecule has 0 amide bonds. The summed E-state index contributed by atoms with van der Waals surface area (Å²) in [5, 5.41) is 0. The molecular weight excluding hydrogens is 124 g/mol. The Morgan fingerprint density at radius 2 is 2.40 bits per heavy atom. The second-order valence-corrected chi connectivity index (χ2v) is 3.89. The van der Waals surface area contributed by atoms with E-state index in [9.17, 15) is 4.79 Å². The average molecular weight is 136 g/mol. The van der Waals surface area contributed by atoms with E-state index in [1.807, 2.05) is 0 Å². The van der Waals surface area contributed by atoms with Crippen LogP contribution in [0.2, 0.25) is 0 Å². The van der Waals surface area contributed by atoms with Gasteiger partial charge in [0.25, 0.3) is 0 Å². The van der Waals surface area contributed by atoms with Gasteiger partial charge in [-0.15, -0.1) is 0 Å². The van der Waals surface area contributed by atoms with Crippen molar-refractivity contribution >= 4 is 5.78 Å². The van der Waals surface area contributed by atoms with Gasteiger partial charge in [-0.3, -0.25) is 4.79 Å². The first-order valence-electron chi connectivity index (χ1n) is 3.84. The molecule has 0 spiro atoms. The largest absolute Gasteiger partial charge is 0.299 e. The zero-order valence-corrected chi connectivity index (χ0v) is 6.31. The third kappa shape index (κ3) is 0.511. The van der Waals surface area contributed by atoms with Crippen LogP contribution in [-0.2, 0) is 4.79 Å². The van der Waals surface area contributed by atoms with E-state index in [1.54, 1.807) is 0 Å². The standard InChI is InChI=1S/C9H12O/c1-6-3-4-9(2)5-7(10)8(6)9/h8H,1,3-5H2,2H3/t8-,9+/m1/s1. The first kappa shape index (κ1) is 6.14. The normalized spacial score (nSPS) is 45.1. The molecule has 2 rings (SSSR count). The van der Waals surface area contributed by atoms with Crippen LogP contribution in [0.5, 0.6) is 0 Å². The molecule has 2 aliphatic carbocycles. The number of allylic oxidation sites excluding steroid dienone is 1. The second kappa shape index (κ2) is 1.52. The minimum absolute atomic E-state index is 0.243. The Hall–Kier alpha value is -0.590. The highest BCUT2D eigenvalue weighted by molar-refractivity contribution is 5.92. The maximum absolute atomic E-state index is 11.1. The van der Waals surface area contributed by atoms with Crippen molar-refractivity contribution in [1.82, 2.24) is 0 Å². The fourth-order valence-electron chi connectivity index (χ4n) is 2.40. The van der Waals surface area contributed by atoms with Gasteiger partial charge < -0.3 is 0 Å². The number of rotatable bonds is 0. The predicted molar refractivity (Wildman–Crippen MR) is 39.6 cm³/mol. The van der Waals surface area contributed by atoms with Gasteiger partial charge in [0.05, 0.1) is 0 Å². The zero-order chi connectivity index (χ0) is 7.35. The van der Waals surface area contributed by atoms with Crippen LogP contribution in [-0.4, -0.2) is 5.78 Å². The zero-order valence-electron chi connectivity index (χ0n) is 6.31. The summed E-state index contributed by atoms with van der Waals surface area (Å²) in [7, 11) is 0. The molecule has 0 saturated heterocycles. The Morgan fingerprint density at radius 3 is 2.80 bits per heavy atom. The molecule has 1 nitrogen and oxygen atoms in total. The minimum atomic E-state index is 0.243. The highest BCUT2D eigenvalue weighted by Crippen LogP contribution is 2.56. The number of ketones is 1. The SMILES string of the molecule is C=C1CC[C@@]2(C)CC(=O)[C@@H]12. The lowest BCUT2D eigenvalue weighted by Gasteiger charge is -2.40. The third-order valence-electron chi connectivity index (χ3n) is 3.02. The van der Waals surface area contributed by atoms with Crippen LogP contribution in [0.1, 0.15) is 26.2 Å². The highest BCUT2D eigenvalue weighted by atomic mass is 16.1. The summed E-state index contributed by atoms with van der Waals surface area (Å²) in [5.41, 5.74) is 1.51. The first-order valence-corrected chi connectivity index (χ1v) is 3.84. The van der Waals surface area contributed by atoms with Crippen LogP contribution in [0.25, 0.3) is 0 Å². The molecule has 2 atom stereocenters. The molecule has 0 N–H and O–H groups in total. The first-order chi connectivity index (χ1) is 4.63. The van der Waals surface area contributed by atoms with Crippen molar-refractivity contribution in [2.75, 3.05) is 0 Å². The summed E-state index contributed by atoms with van der Waals surface area (Å²) in [6.07, 6.45) is 3.06. The smallest absolute Gasteiger partial charge is 0.141 e. The molecule has 2 fully saturated rings. The van der Waals surface area contributed by atoms with Crippen molar-refractivity contribution in [1.29, 1.82) is 0 Å². The van der Waals surface area contributed by atoms with Gasteiger partial charge in [0.1, 0.15) is 5.78 Å². The van der Waals surface area contributed by atoms with Crippen molar-refractivity contribution in [3.05, 3.63) is 12.2 Å². The lowest BCUT2D eigenvalue weighted by molar-refractivity contribution is -0.136. The van der Waals surface area contributed by atoms with Crippen molar-refractivity contribution in [2.45, 2.75) is 26.2 Å². The van der Waals surface area contributed by atoms with E-state index >= 15 is 0 Å². The van der Waals surface area contributed by atoms with E-state index in [0.29, 0.717) is 11.2 Å². The van der Waals surface area contributed by atoms with Crippen LogP contribution in [0.4, 0.5) is 0 Å². The van der Waals surface area contributed by atoms with Crippen molar-refractivity contribution in [2.24, 2.45) is 11.3 Å². The van der Waals surface area contributed by atoms with E-state index in [0.717, 1.165) is 12.8 Å². The van der Waals surface area contributed by atoms with Gasteiger partial charge in [0.2, 0.25) is 0 Å². The van der Waals surface area contributed by atoms with Crippen LogP contribution < -0.4 is 0 Å². The van der Waals surface area contributed by atoms with Gasteiger partial charge in [-0.1, -0.05) is 19.1 Å². The topological polar surface area (TPSA) is 17.1 Å². The number of Topliss-reactive ketones (excluding diaryl/α,β-unsaturated/α-hetero) is 1. The van der Waals surface area contributed by atoms with Gasteiger partial charge in [0, 0.05) is 12.3 Å². The molecule has 0 aromatic carbocycles. The lowest BCUT2D eigenvalue weighted by atomic mass is 9.62. The van der Waals surface area contributed by atoms with E-state index < -0.39 is 0 Å². The number of hydrogen-bond acceptors (Lipinski definition) is 1. The Labute approximate surface area is 61.1 Å². The quantitative estimate of drug-likeness (QED) is 0.465. The molecule has 0 unspecified atom stereocenters. The molecule has 54 valence electrons. The fourth-order valence-corrected chi connectivity index (χ4v) is 2.40. The van der Waals surface area contributed by atoms with E-state index in [1.165, 1.54) is 12.0 Å². The lowest BCUT2D eigenvalue weighted by Crippen LogP contribution is -2.42. The average Bonchev–Trinajstić information content (AvgIpc) is 2.03. The van der Waals surface area contributed by atoms with Gasteiger partial charge in [-0.2, -0.15) is 0 Å². The predicted octanol–water partition coefficient (Wildman–Crippen LogP) is 1.93. The van der Waals surface area contributed by atoms with Gasteiger partial charge in [0.15, 0.2) is 0 Å². The molecule has 0 heterocycles. The second-order valence-electron chi connectivity index (χ2n) is 3.89. The summed E-state index contributed by atoms with van der Waals surface area (Å²) in [5.74, 6) is 0.664. The van der Waals surface area contributed by atoms with E-state index in [2.05, 4.69) is 13.5 Å². The Morgan fingerprint density at radius 1 is 1.70 bits per heavy atom. The molecule has 1 heteroatoms. The Bertz CT molecular complexity index is 217. The number of carbonyl (C=O) groups is 1. The number of carbonyl (C=O) groups excluding carboxylic acids is 1. The molecule has 0 bridgehead atoms. The molecule has 10 heavy (non-hydrogen) atoms. The number of fused-ring (bicyclic) bond motifs is 1. The summed E-state index contributed by atoms with van der Waals surface area (Å²) in [6.45, 7) is 6.12. The molecular formula is C9H12O. The van der Waals surface area contributed by atoms with E-state index in [-0.39, 0.29) is 5.92 Å². The third-order valence-corrected chi connectivity index (χ3v) is 3.02. The molecule has 0 aliphatic heterocycles. The molecule has 0 radical (unpaired) electrons. The van der Waals surface area contributed by atoms with Crippen molar-refractivity contribution in [3.8, 4) is 0 Å². The maximum atomic E-state index is 11.1. The number of hydrogen-bond donors (Lipinski definition) is 0. The molecule has 0 aromatic heterocycles. The summed E-state index contributed by atoms with van der Waals surface area (Å²) in [4.78, 5) is 11.1. The molecule has 2 aliphatic rings. The fraction of sp³-hybridized carbons (Fsp3) is 0.667. The van der Waals surface area contributed by atoms with Crippen LogP contribution in [0.15, 0.2) is 12.2 Å². The summed E-state index contributed by atoms with van der Waals surface area (Å²) >= 11 is 0. The van der Waals surface area contributed by atoms with Gasteiger partial charge in [-0.05, 0) is 18.3 Å². The van der Waals surface area contributed by atoms with Gasteiger partial charge in [-0.25, -0.2) is 0 Å². The maximum Gasteiger partial charge on any atom is 0.141 e. The Kier molecular flexibility index (Phi) is 0.936. The van der Waals surface area contributed by atoms with Crippen molar-refractivity contribution < 1.29 is 4.79 Å². The van der Waals surface area contributed by atoms with Gasteiger partial charge >= 0.3 is 0 Å². The van der Waals surface area contributed by atoms with Crippen LogP contribution >= 0.6 is 0 Å². The minimum Gasteiger partial charge on any atom is -0.299 e. The summed E-state index contributed by atoms with van der Waals surface area (Å²) < 4.78 is 0. The van der Waals surface area contributed by atoms with E-state index in [4.69, 9.17) is 0 Å². The monoisotopic (exact) mass is 136 g/mol. The molecule has 0 aromatic rings. The van der Waals surface area contributed by atoms with Crippen LogP contribution in [0.3, 0.4) is 0 Å². The van der Waals surface area contributed by atoms with Crippen molar-refractivity contribution in [3.63, 3.8) is 0 Å². The molecule has 2 saturated carbocycles.